The molecule has 7 nitrogen and oxygen atoms in total. The molecular weight excluding hydrogens is 396 g/mol. The summed E-state index contributed by atoms with van der Waals surface area (Å²) < 4.78 is 16.6. The predicted molar refractivity (Wildman–Crippen MR) is 116 cm³/mol. The molecule has 4 rings (SSSR count). The Morgan fingerprint density at radius 3 is 2.71 bits per heavy atom. The van der Waals surface area contributed by atoms with E-state index in [1.807, 2.05) is 15.9 Å². The summed E-state index contributed by atoms with van der Waals surface area (Å²) in [5, 5.41) is 0. The molecule has 7 heteroatoms. The zero-order valence-corrected chi connectivity index (χ0v) is 18.7. The molecule has 0 bridgehead atoms. The molecule has 0 saturated carbocycles. The molecule has 0 N–H and O–H groups in total. The van der Waals surface area contributed by atoms with E-state index in [-0.39, 0.29) is 24.0 Å². The van der Waals surface area contributed by atoms with E-state index in [0.717, 1.165) is 51.7 Å². The number of likely N-dealkylation sites (tertiary alicyclic amines) is 2. The van der Waals surface area contributed by atoms with Crippen molar-refractivity contribution in [2.24, 2.45) is 5.92 Å². The maximum absolute atomic E-state index is 13.6. The number of carbonyl (C=O) groups excluding carboxylic acids is 2. The summed E-state index contributed by atoms with van der Waals surface area (Å²) in [7, 11) is 3.13. The number of fused-ring (bicyclic) bond motifs is 1. The molecule has 3 aliphatic rings. The van der Waals surface area contributed by atoms with E-state index in [2.05, 4.69) is 0 Å². The molecule has 3 aliphatic heterocycles. The highest BCUT2D eigenvalue weighted by Gasteiger charge is 2.42. The molecule has 1 aromatic rings. The van der Waals surface area contributed by atoms with Crippen molar-refractivity contribution in [2.75, 3.05) is 40.5 Å². The van der Waals surface area contributed by atoms with Crippen LogP contribution in [0.5, 0.6) is 11.5 Å². The van der Waals surface area contributed by atoms with Gasteiger partial charge < -0.3 is 24.0 Å². The van der Waals surface area contributed by atoms with Crippen molar-refractivity contribution in [2.45, 2.75) is 57.1 Å². The number of amides is 2. The van der Waals surface area contributed by atoms with Crippen LogP contribution in [0.3, 0.4) is 0 Å². The van der Waals surface area contributed by atoms with Gasteiger partial charge in [0.2, 0.25) is 5.91 Å². The van der Waals surface area contributed by atoms with Gasteiger partial charge in [0.25, 0.3) is 5.91 Å². The van der Waals surface area contributed by atoms with Crippen LogP contribution in [-0.2, 0) is 9.53 Å². The van der Waals surface area contributed by atoms with Crippen LogP contribution in [-0.4, -0.2) is 74.2 Å². The zero-order valence-electron chi connectivity index (χ0n) is 18.7. The van der Waals surface area contributed by atoms with Crippen LogP contribution in [0.25, 0.3) is 0 Å². The van der Waals surface area contributed by atoms with Crippen LogP contribution < -0.4 is 9.47 Å². The average Bonchev–Trinajstić information content (AvgIpc) is 3.43. The van der Waals surface area contributed by atoms with Gasteiger partial charge >= 0.3 is 0 Å². The highest BCUT2D eigenvalue weighted by atomic mass is 16.5. The van der Waals surface area contributed by atoms with Crippen molar-refractivity contribution in [1.29, 1.82) is 0 Å². The number of para-hydroxylation sites is 1. The standard InChI is InChI=1S/C24H34N2O5/c1-29-21-10-5-9-19(23(21)30-2)24(28)26-13-4-3-7-17-15-25(16-20(17)26)22(27)12-11-18-8-6-14-31-18/h5,9-10,17-18,20H,3-4,6-8,11-16H2,1-2H3/t17-,18?,20+/m0/s1. The minimum absolute atomic E-state index is 0.0405. The Morgan fingerprint density at radius 1 is 1.10 bits per heavy atom. The number of nitrogens with zero attached hydrogens (tertiary/aromatic N) is 2. The van der Waals surface area contributed by atoms with E-state index < -0.39 is 0 Å². The highest BCUT2D eigenvalue weighted by Crippen LogP contribution is 2.35. The summed E-state index contributed by atoms with van der Waals surface area (Å²) in [4.78, 5) is 30.4. The van der Waals surface area contributed by atoms with Crippen molar-refractivity contribution in [3.05, 3.63) is 23.8 Å². The van der Waals surface area contributed by atoms with Gasteiger partial charge in [-0.25, -0.2) is 0 Å². The molecule has 0 aliphatic carbocycles. The van der Waals surface area contributed by atoms with Crippen LogP contribution in [0.1, 0.15) is 55.3 Å². The van der Waals surface area contributed by atoms with Gasteiger partial charge in [0.05, 0.1) is 31.9 Å². The van der Waals surface area contributed by atoms with Crippen molar-refractivity contribution < 1.29 is 23.8 Å². The van der Waals surface area contributed by atoms with Crippen LogP contribution >= 0.6 is 0 Å². The SMILES string of the molecule is COc1cccc(C(=O)N2CCCC[C@H]3CN(C(=O)CCC4CCCO4)C[C@H]32)c1OC. The van der Waals surface area contributed by atoms with E-state index >= 15 is 0 Å². The predicted octanol–water partition coefficient (Wildman–Crippen LogP) is 3.12. The lowest BCUT2D eigenvalue weighted by molar-refractivity contribution is -0.131. The van der Waals surface area contributed by atoms with Crippen LogP contribution in [0.2, 0.25) is 0 Å². The average molecular weight is 431 g/mol. The summed E-state index contributed by atoms with van der Waals surface area (Å²) in [6.07, 6.45) is 6.84. The summed E-state index contributed by atoms with van der Waals surface area (Å²) in [5.41, 5.74) is 0.519. The highest BCUT2D eigenvalue weighted by molar-refractivity contribution is 5.98. The van der Waals surface area contributed by atoms with Gasteiger partial charge in [0, 0.05) is 32.7 Å². The molecule has 0 spiro atoms. The molecule has 3 fully saturated rings. The van der Waals surface area contributed by atoms with Crippen molar-refractivity contribution in [3.8, 4) is 11.5 Å². The second kappa shape index (κ2) is 9.90. The van der Waals surface area contributed by atoms with E-state index in [1.54, 1.807) is 26.4 Å². The first-order valence-corrected chi connectivity index (χ1v) is 11.5. The lowest BCUT2D eigenvalue weighted by Gasteiger charge is -2.31. The first-order chi connectivity index (χ1) is 15.1. The number of hydrogen-bond acceptors (Lipinski definition) is 5. The third-order valence-corrected chi connectivity index (χ3v) is 6.98. The second-order valence-electron chi connectivity index (χ2n) is 8.84. The van der Waals surface area contributed by atoms with Gasteiger partial charge in [-0.3, -0.25) is 9.59 Å². The first-order valence-electron chi connectivity index (χ1n) is 11.5. The van der Waals surface area contributed by atoms with Gasteiger partial charge in [-0.1, -0.05) is 12.5 Å². The summed E-state index contributed by atoms with van der Waals surface area (Å²) >= 11 is 0. The van der Waals surface area contributed by atoms with E-state index in [0.29, 0.717) is 42.5 Å². The molecule has 3 atom stereocenters. The van der Waals surface area contributed by atoms with E-state index in [1.165, 1.54) is 0 Å². The Labute approximate surface area is 184 Å². The Balaban J connectivity index is 1.47. The molecule has 170 valence electrons. The summed E-state index contributed by atoms with van der Waals surface area (Å²) in [6.45, 7) is 2.89. The maximum Gasteiger partial charge on any atom is 0.258 e. The largest absolute Gasteiger partial charge is 0.493 e. The number of hydrogen-bond donors (Lipinski definition) is 0. The fraction of sp³-hybridized carbons (Fsp3) is 0.667. The molecule has 2 amide bonds. The fourth-order valence-electron chi connectivity index (χ4n) is 5.33. The topological polar surface area (TPSA) is 68.3 Å². The zero-order chi connectivity index (χ0) is 21.8. The van der Waals surface area contributed by atoms with Crippen molar-refractivity contribution in [1.82, 2.24) is 9.80 Å². The molecule has 3 saturated heterocycles. The van der Waals surface area contributed by atoms with Gasteiger partial charge in [0.1, 0.15) is 0 Å². The molecule has 31 heavy (non-hydrogen) atoms. The molecular formula is C24H34N2O5. The number of rotatable bonds is 6. The minimum atomic E-state index is -0.0405. The lowest BCUT2D eigenvalue weighted by Crippen LogP contribution is -2.44. The Bertz CT molecular complexity index is 792. The Morgan fingerprint density at radius 2 is 1.97 bits per heavy atom. The molecule has 1 unspecified atom stereocenters. The van der Waals surface area contributed by atoms with Gasteiger partial charge in [-0.2, -0.15) is 0 Å². The smallest absolute Gasteiger partial charge is 0.258 e. The molecule has 0 radical (unpaired) electrons. The van der Waals surface area contributed by atoms with Crippen LogP contribution in [0.4, 0.5) is 0 Å². The normalized spacial score (nSPS) is 25.8. The maximum atomic E-state index is 13.6. The number of carbonyl (C=O) groups is 2. The third kappa shape index (κ3) is 4.66. The van der Waals surface area contributed by atoms with Crippen molar-refractivity contribution in [3.63, 3.8) is 0 Å². The Kier molecular flexibility index (Phi) is 7.00. The first kappa shape index (κ1) is 21.9. The quantitative estimate of drug-likeness (QED) is 0.694. The lowest BCUT2D eigenvalue weighted by atomic mass is 9.98. The summed E-state index contributed by atoms with van der Waals surface area (Å²) in [5.74, 6) is 1.50. The molecule has 3 heterocycles. The van der Waals surface area contributed by atoms with Crippen LogP contribution in [0.15, 0.2) is 18.2 Å². The van der Waals surface area contributed by atoms with E-state index in [4.69, 9.17) is 14.2 Å². The van der Waals surface area contributed by atoms with Crippen molar-refractivity contribution >= 4 is 11.8 Å². The van der Waals surface area contributed by atoms with Gasteiger partial charge in [-0.05, 0) is 50.2 Å². The third-order valence-electron chi connectivity index (χ3n) is 6.98. The monoisotopic (exact) mass is 430 g/mol. The molecule has 0 aromatic heterocycles. The second-order valence-corrected chi connectivity index (χ2v) is 8.84. The number of ether oxygens (including phenoxy) is 3. The number of benzene rings is 1. The number of methoxy groups -OCH3 is 2. The van der Waals surface area contributed by atoms with E-state index in [9.17, 15) is 9.59 Å². The summed E-state index contributed by atoms with van der Waals surface area (Å²) in [6, 6.07) is 5.46. The Hall–Kier alpha value is -2.28. The van der Waals surface area contributed by atoms with Crippen LogP contribution in [0, 0.1) is 5.92 Å². The van der Waals surface area contributed by atoms with Gasteiger partial charge in [-0.15, -0.1) is 0 Å². The fourth-order valence-corrected chi connectivity index (χ4v) is 5.33. The van der Waals surface area contributed by atoms with Gasteiger partial charge in [0.15, 0.2) is 11.5 Å². The minimum Gasteiger partial charge on any atom is -0.493 e. The molecule has 1 aromatic carbocycles.